The molecule has 0 spiro atoms. The summed E-state index contributed by atoms with van der Waals surface area (Å²) in [6.07, 6.45) is 3.60. The molecule has 0 bridgehead atoms. The fourth-order valence-corrected chi connectivity index (χ4v) is 2.73. The van der Waals surface area contributed by atoms with Crippen LogP contribution in [0.1, 0.15) is 30.5 Å². The second-order valence-corrected chi connectivity index (χ2v) is 6.26. The minimum absolute atomic E-state index is 0.545. The van der Waals surface area contributed by atoms with Gasteiger partial charge in [0.15, 0.2) is 0 Å². The van der Waals surface area contributed by atoms with Crippen LogP contribution in [0.15, 0.2) is 42.6 Å². The van der Waals surface area contributed by atoms with Gasteiger partial charge in [-0.15, -0.1) is 0 Å². The van der Waals surface area contributed by atoms with Gasteiger partial charge in [0.05, 0.1) is 23.3 Å². The Morgan fingerprint density at radius 2 is 1.74 bits per heavy atom. The number of allylic oxidation sites excluding steroid dienone is 1. The lowest BCUT2D eigenvalue weighted by Gasteiger charge is -2.23. The zero-order valence-electron chi connectivity index (χ0n) is 16.2. The van der Waals surface area contributed by atoms with Crippen molar-refractivity contribution in [3.8, 4) is 12.1 Å². The summed E-state index contributed by atoms with van der Waals surface area (Å²) in [7, 11) is 2.04. The van der Waals surface area contributed by atoms with E-state index < -0.39 is 0 Å². The number of rotatable bonds is 8. The number of nitrogens with zero attached hydrogens (tertiary/aromatic N) is 5. The molecule has 2 aromatic rings. The van der Waals surface area contributed by atoms with Gasteiger partial charge in [-0.1, -0.05) is 26.0 Å². The Kier molecular flexibility index (Phi) is 7.55. The van der Waals surface area contributed by atoms with E-state index in [2.05, 4.69) is 40.8 Å². The van der Waals surface area contributed by atoms with Crippen molar-refractivity contribution >= 4 is 17.5 Å². The fourth-order valence-electron chi connectivity index (χ4n) is 2.73. The molecule has 0 fully saturated rings. The van der Waals surface area contributed by atoms with Crippen LogP contribution in [-0.2, 0) is 0 Å². The number of pyridine rings is 1. The number of aromatic nitrogens is 1. The lowest BCUT2D eigenvalue weighted by molar-refractivity contribution is 0.311. The van der Waals surface area contributed by atoms with Gasteiger partial charge in [-0.05, 0) is 54.6 Å². The minimum Gasteiger partial charge on any atom is -0.358 e. The summed E-state index contributed by atoms with van der Waals surface area (Å²) in [4.78, 5) is 9.04. The van der Waals surface area contributed by atoms with E-state index in [0.29, 0.717) is 11.1 Å². The lowest BCUT2D eigenvalue weighted by Crippen LogP contribution is -2.33. The highest BCUT2D eigenvalue weighted by atomic mass is 15.2. The van der Waals surface area contributed by atoms with E-state index >= 15 is 0 Å². The third kappa shape index (κ3) is 5.67. The van der Waals surface area contributed by atoms with E-state index in [0.717, 1.165) is 43.1 Å². The average molecular weight is 359 g/mol. The third-order valence-corrected chi connectivity index (χ3v) is 4.56. The molecule has 27 heavy (non-hydrogen) atoms. The molecule has 1 aromatic heterocycles. The zero-order valence-corrected chi connectivity index (χ0v) is 16.2. The Morgan fingerprint density at radius 1 is 1.04 bits per heavy atom. The summed E-state index contributed by atoms with van der Waals surface area (Å²) in [6, 6.07) is 15.3. The third-order valence-electron chi connectivity index (χ3n) is 4.56. The van der Waals surface area contributed by atoms with Crippen LogP contribution in [-0.4, -0.2) is 43.1 Å². The van der Waals surface area contributed by atoms with Crippen molar-refractivity contribution in [2.24, 2.45) is 0 Å². The highest BCUT2D eigenvalue weighted by molar-refractivity contribution is 5.89. The molecule has 0 amide bonds. The van der Waals surface area contributed by atoms with Crippen LogP contribution < -0.4 is 4.90 Å². The van der Waals surface area contributed by atoms with Gasteiger partial charge in [0.2, 0.25) is 0 Å². The van der Waals surface area contributed by atoms with Gasteiger partial charge < -0.3 is 9.80 Å². The second-order valence-electron chi connectivity index (χ2n) is 6.26. The SMILES string of the molecule is CCN(CC)CCN(C)c1ccc(/C=C(\C#N)c2ccc(C#N)cc2)cn1. The average Bonchev–Trinajstić information content (AvgIpc) is 2.73. The summed E-state index contributed by atoms with van der Waals surface area (Å²) in [5.41, 5.74) is 2.78. The number of anilines is 1. The van der Waals surface area contributed by atoms with E-state index in [4.69, 9.17) is 5.26 Å². The van der Waals surface area contributed by atoms with E-state index in [-0.39, 0.29) is 0 Å². The number of benzene rings is 1. The summed E-state index contributed by atoms with van der Waals surface area (Å²) in [6.45, 7) is 8.36. The highest BCUT2D eigenvalue weighted by Crippen LogP contribution is 2.19. The number of likely N-dealkylation sites (N-methyl/N-ethyl adjacent to an activating group) is 2. The number of nitriles is 2. The first-order chi connectivity index (χ1) is 13.1. The van der Waals surface area contributed by atoms with E-state index in [1.54, 1.807) is 30.5 Å². The molecule has 2 rings (SSSR count). The minimum atomic E-state index is 0.545. The van der Waals surface area contributed by atoms with E-state index in [1.165, 1.54) is 0 Å². The molecule has 0 aliphatic rings. The Bertz CT molecular complexity index is 834. The molecule has 5 nitrogen and oxygen atoms in total. The summed E-state index contributed by atoms with van der Waals surface area (Å²) < 4.78 is 0. The predicted molar refractivity (Wildman–Crippen MR) is 110 cm³/mol. The monoisotopic (exact) mass is 359 g/mol. The lowest BCUT2D eigenvalue weighted by atomic mass is 10.0. The van der Waals surface area contributed by atoms with Crippen molar-refractivity contribution in [1.29, 1.82) is 10.5 Å². The van der Waals surface area contributed by atoms with Crippen LogP contribution in [0.2, 0.25) is 0 Å². The first-order valence-electron chi connectivity index (χ1n) is 9.13. The van der Waals surface area contributed by atoms with Crippen LogP contribution in [0.25, 0.3) is 11.6 Å². The van der Waals surface area contributed by atoms with Crippen LogP contribution in [0.4, 0.5) is 5.82 Å². The second kappa shape index (κ2) is 10.1. The van der Waals surface area contributed by atoms with Crippen molar-refractivity contribution in [2.45, 2.75) is 13.8 Å². The standard InChI is InChI=1S/C22H25N5/c1-4-27(5-2)13-12-26(3)22-11-8-19(17-25-22)14-21(16-24)20-9-6-18(15-23)7-10-20/h6-11,14,17H,4-5,12-13H2,1-3H3/b21-14+. The van der Waals surface area contributed by atoms with Crippen molar-refractivity contribution in [3.05, 3.63) is 59.3 Å². The number of hydrogen-bond acceptors (Lipinski definition) is 5. The molecule has 0 radical (unpaired) electrons. The van der Waals surface area contributed by atoms with Crippen LogP contribution in [0.5, 0.6) is 0 Å². The van der Waals surface area contributed by atoms with Gasteiger partial charge in [-0.25, -0.2) is 4.98 Å². The predicted octanol–water partition coefficient (Wildman–Crippen LogP) is 3.80. The van der Waals surface area contributed by atoms with Gasteiger partial charge in [-0.2, -0.15) is 10.5 Å². The number of hydrogen-bond donors (Lipinski definition) is 0. The van der Waals surface area contributed by atoms with Crippen molar-refractivity contribution in [3.63, 3.8) is 0 Å². The molecule has 1 heterocycles. The quantitative estimate of drug-likeness (QED) is 0.671. The molecule has 0 saturated heterocycles. The summed E-state index contributed by atoms with van der Waals surface area (Å²) in [5.74, 6) is 0.913. The van der Waals surface area contributed by atoms with Crippen LogP contribution >= 0.6 is 0 Å². The Balaban J connectivity index is 2.09. The Labute approximate surface area is 161 Å². The fraction of sp³-hybridized carbons (Fsp3) is 0.318. The Morgan fingerprint density at radius 3 is 2.26 bits per heavy atom. The molecule has 0 aliphatic carbocycles. The highest BCUT2D eigenvalue weighted by Gasteiger charge is 2.06. The molecule has 0 N–H and O–H groups in total. The maximum Gasteiger partial charge on any atom is 0.128 e. The molecule has 0 unspecified atom stereocenters. The molecule has 5 heteroatoms. The topological polar surface area (TPSA) is 67.0 Å². The maximum atomic E-state index is 9.46. The summed E-state index contributed by atoms with van der Waals surface area (Å²) in [5, 5.41) is 18.3. The van der Waals surface area contributed by atoms with Crippen molar-refractivity contribution in [2.75, 3.05) is 38.1 Å². The Hall–Kier alpha value is -3.15. The molecule has 0 atom stereocenters. The van der Waals surface area contributed by atoms with Gasteiger partial charge in [-0.3, -0.25) is 0 Å². The van der Waals surface area contributed by atoms with E-state index in [1.807, 2.05) is 25.3 Å². The maximum absolute atomic E-state index is 9.46. The molecular weight excluding hydrogens is 334 g/mol. The van der Waals surface area contributed by atoms with Crippen molar-refractivity contribution in [1.82, 2.24) is 9.88 Å². The first-order valence-corrected chi connectivity index (χ1v) is 9.13. The van der Waals surface area contributed by atoms with Gasteiger partial charge in [0, 0.05) is 26.3 Å². The smallest absolute Gasteiger partial charge is 0.128 e. The van der Waals surface area contributed by atoms with Gasteiger partial charge >= 0.3 is 0 Å². The largest absolute Gasteiger partial charge is 0.358 e. The molecule has 0 saturated carbocycles. The van der Waals surface area contributed by atoms with Gasteiger partial charge in [0.25, 0.3) is 0 Å². The molecule has 0 aliphatic heterocycles. The molecule has 1 aromatic carbocycles. The molecular formula is C22H25N5. The molecule has 138 valence electrons. The zero-order chi connectivity index (χ0) is 19.6. The van der Waals surface area contributed by atoms with Gasteiger partial charge in [0.1, 0.15) is 5.82 Å². The van der Waals surface area contributed by atoms with Crippen LogP contribution in [0, 0.1) is 22.7 Å². The van der Waals surface area contributed by atoms with Crippen molar-refractivity contribution < 1.29 is 0 Å². The first kappa shape index (κ1) is 20.2. The summed E-state index contributed by atoms with van der Waals surface area (Å²) >= 11 is 0. The van der Waals surface area contributed by atoms with E-state index in [9.17, 15) is 5.26 Å². The normalized spacial score (nSPS) is 11.1. The van der Waals surface area contributed by atoms with Crippen LogP contribution in [0.3, 0.4) is 0 Å².